The molecule has 0 saturated heterocycles. The van der Waals surface area contributed by atoms with Gasteiger partial charge in [0.2, 0.25) is 5.88 Å². The second kappa shape index (κ2) is 3.76. The third kappa shape index (κ3) is 1.33. The number of aromatic nitrogens is 2. The Morgan fingerprint density at radius 2 is 2.15 bits per heavy atom. The molecule has 2 atom stereocenters. The van der Waals surface area contributed by atoms with Gasteiger partial charge in [0.25, 0.3) is 0 Å². The van der Waals surface area contributed by atoms with Crippen LogP contribution in [0.5, 0.6) is 5.88 Å². The maximum atomic E-state index is 13.2. The Hall–Kier alpha value is -2.01. The minimum Gasteiger partial charge on any atom is -0.493 e. The van der Waals surface area contributed by atoms with Crippen molar-refractivity contribution in [3.8, 4) is 11.6 Å². The van der Waals surface area contributed by atoms with Gasteiger partial charge in [0.1, 0.15) is 5.82 Å². The molecule has 6 heteroatoms. The van der Waals surface area contributed by atoms with E-state index in [4.69, 9.17) is 11.6 Å². The second-order valence-electron chi connectivity index (χ2n) is 5.09. The molecule has 0 amide bonds. The maximum Gasteiger partial charge on any atom is 0.336 e. The molecular weight excluding hydrogens is 283 g/mol. The number of aromatic hydroxyl groups is 1. The van der Waals surface area contributed by atoms with Crippen LogP contribution in [-0.4, -0.2) is 14.2 Å². The van der Waals surface area contributed by atoms with Crippen LogP contribution in [0.25, 0.3) is 5.69 Å². The topological polar surface area (TPSA) is 47.2 Å². The van der Waals surface area contributed by atoms with Crippen LogP contribution in [0.4, 0.5) is 4.39 Å². The molecule has 102 valence electrons. The number of allylic oxidation sites excluding steroid dienone is 2. The summed E-state index contributed by atoms with van der Waals surface area (Å²) in [6.45, 7) is 0. The fourth-order valence-electron chi connectivity index (χ4n) is 3.12. The summed E-state index contributed by atoms with van der Waals surface area (Å²) >= 11 is 5.74. The van der Waals surface area contributed by atoms with E-state index in [0.717, 1.165) is 6.42 Å². The first-order valence-corrected chi connectivity index (χ1v) is 6.65. The molecule has 1 aromatic carbocycles. The van der Waals surface area contributed by atoms with E-state index in [1.165, 1.54) is 22.8 Å². The lowest BCUT2D eigenvalue weighted by Crippen LogP contribution is -2.24. The van der Waals surface area contributed by atoms with Crippen molar-refractivity contribution in [1.29, 1.82) is 0 Å². The van der Waals surface area contributed by atoms with E-state index < -0.39 is 5.82 Å². The second-order valence-corrected chi connectivity index (χ2v) is 5.50. The normalized spacial score (nSPS) is 22.5. The zero-order valence-electron chi connectivity index (χ0n) is 10.3. The molecule has 2 bridgehead atoms. The van der Waals surface area contributed by atoms with Crippen LogP contribution in [0.2, 0.25) is 5.02 Å². The average molecular weight is 293 g/mol. The van der Waals surface area contributed by atoms with Gasteiger partial charge in [0, 0.05) is 5.92 Å². The van der Waals surface area contributed by atoms with E-state index in [9.17, 15) is 14.3 Å². The van der Waals surface area contributed by atoms with Crippen molar-refractivity contribution in [2.24, 2.45) is 0 Å². The summed E-state index contributed by atoms with van der Waals surface area (Å²) < 4.78 is 16.0. The highest BCUT2D eigenvalue weighted by Crippen LogP contribution is 2.46. The molecule has 20 heavy (non-hydrogen) atoms. The van der Waals surface area contributed by atoms with Gasteiger partial charge in [-0.15, -0.1) is 0 Å². The molecule has 1 aliphatic heterocycles. The van der Waals surface area contributed by atoms with Gasteiger partial charge in [-0.2, -0.15) is 0 Å². The number of fused-ring (bicyclic) bond motifs is 5. The van der Waals surface area contributed by atoms with Gasteiger partial charge in [0.15, 0.2) is 0 Å². The largest absolute Gasteiger partial charge is 0.493 e. The van der Waals surface area contributed by atoms with Crippen molar-refractivity contribution in [3.63, 3.8) is 0 Å². The number of hydrogen-bond acceptors (Lipinski definition) is 2. The lowest BCUT2D eigenvalue weighted by molar-refractivity contribution is 0.432. The molecule has 0 fully saturated rings. The van der Waals surface area contributed by atoms with E-state index in [0.29, 0.717) is 11.4 Å². The fraction of sp³-hybridized carbons (Fsp3) is 0.214. The number of nitrogens with zero attached hydrogens (tertiary/aromatic N) is 2. The molecule has 1 aliphatic carbocycles. The van der Waals surface area contributed by atoms with Crippen LogP contribution in [0, 0.1) is 5.82 Å². The van der Waals surface area contributed by atoms with Gasteiger partial charge in [-0.05, 0) is 24.6 Å². The summed E-state index contributed by atoms with van der Waals surface area (Å²) in [4.78, 5) is 12.5. The van der Waals surface area contributed by atoms with E-state index in [-0.39, 0.29) is 28.6 Å². The Morgan fingerprint density at radius 3 is 2.85 bits per heavy atom. The summed E-state index contributed by atoms with van der Waals surface area (Å²) in [5.41, 5.74) is 0.667. The van der Waals surface area contributed by atoms with Gasteiger partial charge in [0.05, 0.1) is 22.4 Å². The first kappa shape index (κ1) is 11.8. The molecule has 4 nitrogen and oxygen atoms in total. The van der Waals surface area contributed by atoms with E-state index >= 15 is 0 Å². The molecule has 1 N–H and O–H groups in total. The quantitative estimate of drug-likeness (QED) is 0.822. The van der Waals surface area contributed by atoms with Gasteiger partial charge in [-0.1, -0.05) is 23.8 Å². The standard InChI is InChI=1S/C14H10ClFN2O2/c15-10-6-9(3-4-11(10)16)18-13(19)12-7-1-2-8(5-7)17(12)14(18)20/h1-4,6-8,19H,5H2. The van der Waals surface area contributed by atoms with Crippen molar-refractivity contribution in [2.45, 2.75) is 18.4 Å². The smallest absolute Gasteiger partial charge is 0.336 e. The number of imidazole rings is 1. The average Bonchev–Trinajstić information content (AvgIpc) is 3.08. The van der Waals surface area contributed by atoms with Crippen molar-refractivity contribution in [1.82, 2.24) is 9.13 Å². The lowest BCUT2D eigenvalue weighted by Gasteiger charge is -2.06. The molecule has 1 aromatic heterocycles. The molecule has 0 spiro atoms. The van der Waals surface area contributed by atoms with Crippen molar-refractivity contribution in [3.05, 3.63) is 57.4 Å². The zero-order chi connectivity index (χ0) is 14.0. The zero-order valence-corrected chi connectivity index (χ0v) is 11.0. The van der Waals surface area contributed by atoms with Crippen molar-refractivity contribution < 1.29 is 9.50 Å². The molecule has 2 aromatic rings. The third-order valence-corrected chi connectivity index (χ3v) is 4.29. The van der Waals surface area contributed by atoms with E-state index in [1.807, 2.05) is 12.2 Å². The molecule has 2 aliphatic rings. The van der Waals surface area contributed by atoms with Crippen LogP contribution < -0.4 is 5.69 Å². The van der Waals surface area contributed by atoms with Crippen molar-refractivity contribution in [2.75, 3.05) is 0 Å². The number of halogens is 2. The highest BCUT2D eigenvalue weighted by atomic mass is 35.5. The van der Waals surface area contributed by atoms with Gasteiger partial charge >= 0.3 is 5.69 Å². The van der Waals surface area contributed by atoms with E-state index in [1.54, 1.807) is 4.57 Å². The third-order valence-electron chi connectivity index (χ3n) is 4.00. The Balaban J connectivity index is 1.97. The summed E-state index contributed by atoms with van der Waals surface area (Å²) in [5, 5.41) is 10.3. The predicted molar refractivity (Wildman–Crippen MR) is 72.2 cm³/mol. The predicted octanol–water partition coefficient (Wildman–Crippen LogP) is 2.74. The van der Waals surface area contributed by atoms with Crippen LogP contribution in [0.15, 0.2) is 35.1 Å². The SMILES string of the molecule is O=c1n(-c2ccc(F)c(Cl)c2)c(O)c2n1C1C=CC2C1. The number of benzene rings is 1. The van der Waals surface area contributed by atoms with Gasteiger partial charge in [-0.3, -0.25) is 4.57 Å². The van der Waals surface area contributed by atoms with Crippen LogP contribution in [0.3, 0.4) is 0 Å². The minimum atomic E-state index is -0.559. The summed E-state index contributed by atoms with van der Waals surface area (Å²) in [6.07, 6.45) is 4.80. The van der Waals surface area contributed by atoms with Crippen LogP contribution >= 0.6 is 11.6 Å². The van der Waals surface area contributed by atoms with Crippen LogP contribution in [0.1, 0.15) is 24.1 Å². The summed E-state index contributed by atoms with van der Waals surface area (Å²) in [7, 11) is 0. The fourth-order valence-corrected chi connectivity index (χ4v) is 3.29. The monoisotopic (exact) mass is 292 g/mol. The Morgan fingerprint density at radius 1 is 1.35 bits per heavy atom. The number of hydrogen-bond donors (Lipinski definition) is 1. The van der Waals surface area contributed by atoms with Crippen molar-refractivity contribution >= 4 is 11.6 Å². The summed E-state index contributed by atoms with van der Waals surface area (Å²) in [6, 6.07) is 3.95. The highest BCUT2D eigenvalue weighted by Gasteiger charge is 2.39. The van der Waals surface area contributed by atoms with Gasteiger partial charge < -0.3 is 5.11 Å². The first-order chi connectivity index (χ1) is 9.58. The van der Waals surface area contributed by atoms with Gasteiger partial charge in [-0.25, -0.2) is 13.8 Å². The molecule has 0 radical (unpaired) electrons. The first-order valence-electron chi connectivity index (χ1n) is 6.28. The number of rotatable bonds is 1. The molecule has 4 rings (SSSR count). The Bertz CT molecular complexity index is 821. The highest BCUT2D eigenvalue weighted by molar-refractivity contribution is 6.30. The molecule has 2 heterocycles. The minimum absolute atomic E-state index is 0.00516. The summed E-state index contributed by atoms with van der Waals surface area (Å²) in [5.74, 6) is -0.573. The Labute approximate surface area is 118 Å². The molecular formula is C14H10ClFN2O2. The molecule has 0 saturated carbocycles. The molecule has 2 unspecified atom stereocenters. The van der Waals surface area contributed by atoms with Crippen LogP contribution in [-0.2, 0) is 0 Å². The van der Waals surface area contributed by atoms with E-state index in [2.05, 4.69) is 0 Å². The Kier molecular flexibility index (Phi) is 2.22. The maximum absolute atomic E-state index is 13.2. The lowest BCUT2D eigenvalue weighted by atomic mass is 10.1.